The van der Waals surface area contributed by atoms with Crippen molar-refractivity contribution in [3.8, 4) is 0 Å². The number of alkyl halides is 3. The second-order valence-corrected chi connectivity index (χ2v) is 7.96. The second-order valence-electron chi connectivity index (χ2n) is 7.96. The van der Waals surface area contributed by atoms with Crippen LogP contribution < -0.4 is 10.3 Å². The summed E-state index contributed by atoms with van der Waals surface area (Å²) in [4.78, 5) is 12.4. The predicted octanol–water partition coefficient (Wildman–Crippen LogP) is 6.51. The van der Waals surface area contributed by atoms with E-state index in [1.54, 1.807) is 58.2 Å². The first-order chi connectivity index (χ1) is 16.7. The van der Waals surface area contributed by atoms with E-state index in [0.29, 0.717) is 17.8 Å². The molecule has 8 heteroatoms. The Labute approximate surface area is 205 Å². The first-order valence-electron chi connectivity index (χ1n) is 11.3. The van der Waals surface area contributed by atoms with E-state index in [1.165, 1.54) is 18.4 Å². The fraction of sp³-hybridized carbons (Fsp3) is 0.333. The number of allylic oxidation sites excluding steroid dienone is 6. The molecule has 1 aromatic carbocycles. The van der Waals surface area contributed by atoms with Crippen molar-refractivity contribution in [1.29, 1.82) is 0 Å². The van der Waals surface area contributed by atoms with Crippen molar-refractivity contribution < 1.29 is 22.7 Å². The average molecular weight is 488 g/mol. The summed E-state index contributed by atoms with van der Waals surface area (Å²) in [6.07, 6.45) is 7.79. The summed E-state index contributed by atoms with van der Waals surface area (Å²) in [6.45, 7) is 5.59. The number of methoxy groups -OCH3 is 1. The van der Waals surface area contributed by atoms with Gasteiger partial charge >= 0.3 is 6.18 Å². The number of aryl methyl sites for hydroxylation is 1. The molecule has 0 aliphatic heterocycles. The number of hydrogen-bond acceptors (Lipinski definition) is 4. The van der Waals surface area contributed by atoms with Gasteiger partial charge in [0.15, 0.2) is 5.71 Å². The van der Waals surface area contributed by atoms with Crippen LogP contribution in [0.5, 0.6) is 0 Å². The van der Waals surface area contributed by atoms with Crippen LogP contribution in [0.2, 0.25) is 0 Å². The van der Waals surface area contributed by atoms with Crippen LogP contribution in [-0.4, -0.2) is 31.4 Å². The van der Waals surface area contributed by atoms with Crippen molar-refractivity contribution in [2.75, 3.05) is 18.7 Å². The zero-order valence-corrected chi connectivity index (χ0v) is 20.5. The Morgan fingerprint density at radius 2 is 2.00 bits per heavy atom. The molecule has 0 atom stereocenters. The minimum Gasteiger partial charge on any atom is -0.497 e. The van der Waals surface area contributed by atoms with E-state index in [4.69, 9.17) is 4.74 Å². The molecule has 1 N–H and O–H groups in total. The normalized spacial score (nSPS) is 15.3. The number of nitrogens with zero attached hydrogens (tertiary/aromatic N) is 2. The highest BCUT2D eigenvalue weighted by atomic mass is 19.4. The summed E-state index contributed by atoms with van der Waals surface area (Å²) in [5.41, 5.74) is 1.84. The molecule has 0 unspecified atom stereocenters. The van der Waals surface area contributed by atoms with Crippen LogP contribution >= 0.6 is 0 Å². The van der Waals surface area contributed by atoms with Crippen molar-refractivity contribution in [3.05, 3.63) is 89.4 Å². The van der Waals surface area contributed by atoms with Crippen molar-refractivity contribution in [1.82, 2.24) is 5.32 Å². The number of amides is 1. The van der Waals surface area contributed by atoms with Gasteiger partial charge in [-0.15, -0.1) is 0 Å². The number of anilines is 1. The minimum atomic E-state index is -4.65. The van der Waals surface area contributed by atoms with Crippen LogP contribution in [-0.2, 0) is 9.53 Å². The third-order valence-electron chi connectivity index (χ3n) is 5.33. The summed E-state index contributed by atoms with van der Waals surface area (Å²) in [5, 5.41) is 7.87. The lowest BCUT2D eigenvalue weighted by Crippen LogP contribution is -2.26. The number of ether oxygens (including phenoxy) is 1. The molecule has 0 saturated carbocycles. The Morgan fingerprint density at radius 1 is 1.26 bits per heavy atom. The minimum absolute atomic E-state index is 0.0157. The largest absolute Gasteiger partial charge is 0.497 e. The molecular weight excluding hydrogens is 455 g/mol. The highest BCUT2D eigenvalue weighted by Gasteiger charge is 2.34. The van der Waals surface area contributed by atoms with Crippen LogP contribution in [0, 0.1) is 6.92 Å². The van der Waals surface area contributed by atoms with E-state index in [2.05, 4.69) is 10.4 Å². The number of carbonyl (C=O) groups excluding carboxylic acids is 1. The predicted molar refractivity (Wildman–Crippen MR) is 135 cm³/mol. The van der Waals surface area contributed by atoms with Crippen molar-refractivity contribution in [2.45, 2.75) is 46.2 Å². The number of nitrogens with one attached hydrogen (secondary N) is 1. The monoisotopic (exact) mass is 487 g/mol. The summed E-state index contributed by atoms with van der Waals surface area (Å²) < 4.78 is 46.4. The Hall–Kier alpha value is -3.55. The topological polar surface area (TPSA) is 53.9 Å². The summed E-state index contributed by atoms with van der Waals surface area (Å²) >= 11 is 0. The fourth-order valence-corrected chi connectivity index (χ4v) is 3.21. The van der Waals surface area contributed by atoms with Gasteiger partial charge in [0.05, 0.1) is 12.8 Å². The van der Waals surface area contributed by atoms with Crippen LogP contribution in [0.1, 0.15) is 38.7 Å². The highest BCUT2D eigenvalue weighted by Crippen LogP contribution is 2.25. The lowest BCUT2D eigenvalue weighted by Gasteiger charge is -2.19. The zero-order valence-electron chi connectivity index (χ0n) is 20.5. The van der Waals surface area contributed by atoms with Gasteiger partial charge in [0, 0.05) is 19.2 Å². The maximum Gasteiger partial charge on any atom is 0.435 e. The van der Waals surface area contributed by atoms with E-state index in [0.717, 1.165) is 40.8 Å². The zero-order chi connectivity index (χ0) is 25.8. The van der Waals surface area contributed by atoms with E-state index in [-0.39, 0.29) is 12.3 Å². The molecule has 0 heterocycles. The van der Waals surface area contributed by atoms with Gasteiger partial charge in [-0.3, -0.25) is 4.79 Å². The van der Waals surface area contributed by atoms with Crippen LogP contribution in [0.15, 0.2) is 88.9 Å². The SMILES string of the molecule is C/C=C(C)/C=C/C(=N\N(/C=C\CC(=O)NCC1=C(OC)C=CCC1)c1ccccc1C)C(F)(F)F. The summed E-state index contributed by atoms with van der Waals surface area (Å²) in [5.74, 6) is 0.486. The molecule has 0 bridgehead atoms. The van der Waals surface area contributed by atoms with Gasteiger partial charge in [-0.05, 0) is 63.0 Å². The van der Waals surface area contributed by atoms with Gasteiger partial charge in [0.1, 0.15) is 5.76 Å². The number of benzene rings is 1. The van der Waals surface area contributed by atoms with Crippen LogP contribution in [0.4, 0.5) is 18.9 Å². The molecule has 5 nitrogen and oxygen atoms in total. The number of rotatable bonds is 10. The number of para-hydroxylation sites is 1. The molecule has 0 radical (unpaired) electrons. The molecule has 0 saturated heterocycles. The second kappa shape index (κ2) is 13.4. The van der Waals surface area contributed by atoms with E-state index < -0.39 is 11.9 Å². The Balaban J connectivity index is 2.23. The lowest BCUT2D eigenvalue weighted by molar-refractivity contribution is -0.120. The fourth-order valence-electron chi connectivity index (χ4n) is 3.21. The molecular formula is C27H32F3N3O2. The van der Waals surface area contributed by atoms with E-state index >= 15 is 0 Å². The maximum absolute atomic E-state index is 13.7. The Morgan fingerprint density at radius 3 is 2.66 bits per heavy atom. The molecule has 0 fully saturated rings. The molecule has 1 amide bonds. The third kappa shape index (κ3) is 8.96. The van der Waals surface area contributed by atoms with Gasteiger partial charge in [-0.2, -0.15) is 18.3 Å². The molecule has 1 aliphatic rings. The van der Waals surface area contributed by atoms with Gasteiger partial charge < -0.3 is 10.1 Å². The molecule has 1 aromatic rings. The molecule has 1 aliphatic carbocycles. The molecule has 2 rings (SSSR count). The van der Waals surface area contributed by atoms with Gasteiger partial charge in [-0.1, -0.05) is 48.1 Å². The number of hydrogen-bond donors (Lipinski definition) is 1. The molecule has 35 heavy (non-hydrogen) atoms. The summed E-state index contributed by atoms with van der Waals surface area (Å²) in [6, 6.07) is 6.97. The van der Waals surface area contributed by atoms with Crippen LogP contribution in [0.3, 0.4) is 0 Å². The number of hydrazone groups is 1. The standard InChI is InChI=1S/C27H32F3N3O2/c1-5-20(2)16-17-25(27(28,29)30)32-33(23-13-8-6-11-21(23)3)18-10-15-26(34)31-19-22-12-7-9-14-24(22)35-4/h5-6,8-11,13-14,16-18H,7,12,15,19H2,1-4H3,(H,31,34)/b17-16+,18-10-,20-5+,32-25+. The lowest BCUT2D eigenvalue weighted by atomic mass is 10.0. The average Bonchev–Trinajstić information content (AvgIpc) is 2.83. The van der Waals surface area contributed by atoms with Crippen LogP contribution in [0.25, 0.3) is 0 Å². The quantitative estimate of drug-likeness (QED) is 0.232. The summed E-state index contributed by atoms with van der Waals surface area (Å²) in [7, 11) is 1.58. The first-order valence-corrected chi connectivity index (χ1v) is 11.3. The Kier molecular flexibility index (Phi) is 10.6. The first kappa shape index (κ1) is 27.7. The number of carbonyl (C=O) groups is 1. The highest BCUT2D eigenvalue weighted by molar-refractivity contribution is 6.00. The van der Waals surface area contributed by atoms with Crippen molar-refractivity contribution in [2.24, 2.45) is 5.10 Å². The van der Waals surface area contributed by atoms with Gasteiger partial charge in [0.25, 0.3) is 0 Å². The van der Waals surface area contributed by atoms with E-state index in [9.17, 15) is 18.0 Å². The van der Waals surface area contributed by atoms with Gasteiger partial charge in [-0.25, -0.2) is 5.01 Å². The smallest absolute Gasteiger partial charge is 0.435 e. The maximum atomic E-state index is 13.7. The number of halogens is 3. The van der Waals surface area contributed by atoms with Crippen molar-refractivity contribution in [3.63, 3.8) is 0 Å². The third-order valence-corrected chi connectivity index (χ3v) is 5.33. The molecule has 0 spiro atoms. The molecule has 0 aromatic heterocycles. The van der Waals surface area contributed by atoms with E-state index in [1.807, 2.05) is 12.2 Å². The molecule has 188 valence electrons. The van der Waals surface area contributed by atoms with Gasteiger partial charge in [0.2, 0.25) is 5.91 Å². The van der Waals surface area contributed by atoms with Crippen molar-refractivity contribution >= 4 is 17.3 Å². The Bertz CT molecular complexity index is 1060.